The number of carbonyl (C=O) groups is 1. The summed E-state index contributed by atoms with van der Waals surface area (Å²) in [7, 11) is 2.95. The third kappa shape index (κ3) is 2.69. The van der Waals surface area contributed by atoms with Gasteiger partial charge in [0.25, 0.3) is 0 Å². The van der Waals surface area contributed by atoms with Crippen LogP contribution in [-0.4, -0.2) is 25.3 Å². The van der Waals surface area contributed by atoms with Crippen molar-refractivity contribution >= 4 is 5.97 Å². The van der Waals surface area contributed by atoms with Crippen molar-refractivity contribution in [3.8, 4) is 11.5 Å². The van der Waals surface area contributed by atoms with Gasteiger partial charge in [-0.3, -0.25) is 4.79 Å². The van der Waals surface area contributed by atoms with Gasteiger partial charge in [0, 0.05) is 5.56 Å². The lowest BCUT2D eigenvalue weighted by atomic mass is 9.68. The maximum atomic E-state index is 13.1. The zero-order chi connectivity index (χ0) is 15.5. The van der Waals surface area contributed by atoms with Crippen LogP contribution in [0.25, 0.3) is 0 Å². The molecule has 1 N–H and O–H groups in total. The van der Waals surface area contributed by atoms with Crippen LogP contribution < -0.4 is 9.47 Å². The molecule has 0 radical (unpaired) electrons. The summed E-state index contributed by atoms with van der Waals surface area (Å²) < 4.78 is 23.7. The molecule has 5 heteroatoms. The number of hydrogen-bond acceptors (Lipinski definition) is 3. The number of carboxylic acid groups (broad SMARTS) is 1. The molecule has 0 heterocycles. The lowest BCUT2D eigenvalue weighted by molar-refractivity contribution is -0.145. The van der Waals surface area contributed by atoms with Gasteiger partial charge < -0.3 is 14.6 Å². The largest absolute Gasteiger partial charge is 0.493 e. The van der Waals surface area contributed by atoms with Gasteiger partial charge in [-0.2, -0.15) is 0 Å². The maximum Gasteiger partial charge on any atom is 0.314 e. The summed E-state index contributed by atoms with van der Waals surface area (Å²) in [5.41, 5.74) is -0.0692. The molecule has 1 aliphatic carbocycles. The van der Waals surface area contributed by atoms with Crippen molar-refractivity contribution in [1.29, 1.82) is 0 Å². The van der Waals surface area contributed by atoms with Gasteiger partial charge in [-0.1, -0.05) is 19.3 Å². The number of rotatable bonds is 5. The minimum atomic E-state index is -1.01. The molecule has 1 aromatic rings. The number of benzene rings is 1. The maximum absolute atomic E-state index is 13.1. The van der Waals surface area contributed by atoms with E-state index in [0.717, 1.165) is 19.3 Å². The van der Waals surface area contributed by atoms with Gasteiger partial charge in [0.05, 0.1) is 19.6 Å². The fraction of sp³-hybridized carbons (Fsp3) is 0.562. The van der Waals surface area contributed by atoms with E-state index in [1.807, 2.05) is 0 Å². The molecule has 0 amide bonds. The molecule has 0 aromatic heterocycles. The third-order valence-corrected chi connectivity index (χ3v) is 4.33. The Morgan fingerprint density at radius 3 is 2.38 bits per heavy atom. The molecule has 0 unspecified atom stereocenters. The monoisotopic (exact) mass is 296 g/mol. The molecule has 1 aliphatic rings. The number of methoxy groups -OCH3 is 2. The van der Waals surface area contributed by atoms with Crippen LogP contribution in [0.15, 0.2) is 12.1 Å². The molecule has 1 saturated carbocycles. The second-order valence-corrected chi connectivity index (χ2v) is 5.46. The van der Waals surface area contributed by atoms with Gasteiger partial charge in [-0.25, -0.2) is 4.39 Å². The number of alkyl halides is 1. The summed E-state index contributed by atoms with van der Waals surface area (Å²) >= 11 is 0. The SMILES string of the molecule is COc1cc(CF)cc(C2(C(=O)O)CCCCC2)c1OC. The Bertz CT molecular complexity index is 521. The van der Waals surface area contributed by atoms with Gasteiger partial charge >= 0.3 is 5.97 Å². The fourth-order valence-corrected chi connectivity index (χ4v) is 3.21. The number of carboxylic acids is 1. The molecule has 0 atom stereocenters. The standard InChI is InChI=1S/C16H21FO4/c1-20-13-9-11(10-17)8-12(14(13)21-2)16(15(18)19)6-4-3-5-7-16/h8-9H,3-7,10H2,1-2H3,(H,18,19). The van der Waals surface area contributed by atoms with Crippen LogP contribution >= 0.6 is 0 Å². The highest BCUT2D eigenvalue weighted by molar-refractivity contribution is 5.83. The van der Waals surface area contributed by atoms with Crippen molar-refractivity contribution in [1.82, 2.24) is 0 Å². The second kappa shape index (κ2) is 6.33. The van der Waals surface area contributed by atoms with Gasteiger partial charge in [-0.15, -0.1) is 0 Å². The lowest BCUT2D eigenvalue weighted by Gasteiger charge is -2.35. The quantitative estimate of drug-likeness (QED) is 0.904. The van der Waals surface area contributed by atoms with E-state index in [9.17, 15) is 14.3 Å². The highest BCUT2D eigenvalue weighted by atomic mass is 19.1. The summed E-state index contributed by atoms with van der Waals surface area (Å²) in [6, 6.07) is 3.17. The minimum absolute atomic E-state index is 0.383. The molecular formula is C16H21FO4. The average Bonchev–Trinajstić information content (AvgIpc) is 2.53. The summed E-state index contributed by atoms with van der Waals surface area (Å²) in [4.78, 5) is 12.0. The first-order valence-corrected chi connectivity index (χ1v) is 7.14. The van der Waals surface area contributed by atoms with E-state index in [0.29, 0.717) is 35.5 Å². The fourth-order valence-electron chi connectivity index (χ4n) is 3.21. The molecular weight excluding hydrogens is 275 g/mol. The smallest absolute Gasteiger partial charge is 0.314 e. The van der Waals surface area contributed by atoms with Crippen molar-refractivity contribution in [3.63, 3.8) is 0 Å². The van der Waals surface area contributed by atoms with Gasteiger partial charge in [0.1, 0.15) is 6.67 Å². The molecule has 4 nitrogen and oxygen atoms in total. The molecule has 0 spiro atoms. The van der Waals surface area contributed by atoms with Crippen LogP contribution in [0.5, 0.6) is 11.5 Å². The van der Waals surface area contributed by atoms with Crippen molar-refractivity contribution in [2.24, 2.45) is 0 Å². The molecule has 116 valence electrons. The highest BCUT2D eigenvalue weighted by Crippen LogP contribution is 2.47. The summed E-state index contributed by atoms with van der Waals surface area (Å²) in [5, 5.41) is 9.80. The van der Waals surface area contributed by atoms with Gasteiger partial charge in [0.15, 0.2) is 11.5 Å². The zero-order valence-corrected chi connectivity index (χ0v) is 12.4. The van der Waals surface area contributed by atoms with Crippen LogP contribution in [-0.2, 0) is 16.9 Å². The summed E-state index contributed by atoms with van der Waals surface area (Å²) in [5.74, 6) is -0.0913. The van der Waals surface area contributed by atoms with E-state index >= 15 is 0 Å². The first kappa shape index (κ1) is 15.6. The Kier molecular flexibility index (Phi) is 4.70. The number of aliphatic carboxylic acids is 1. The van der Waals surface area contributed by atoms with Crippen molar-refractivity contribution in [2.45, 2.75) is 44.2 Å². The Morgan fingerprint density at radius 1 is 1.24 bits per heavy atom. The van der Waals surface area contributed by atoms with E-state index in [1.54, 1.807) is 12.1 Å². The summed E-state index contributed by atoms with van der Waals surface area (Å²) in [6.07, 6.45) is 3.79. The topological polar surface area (TPSA) is 55.8 Å². The van der Waals surface area contributed by atoms with Gasteiger partial charge in [0.2, 0.25) is 0 Å². The Labute approximate surface area is 123 Å². The Hall–Kier alpha value is -1.78. The minimum Gasteiger partial charge on any atom is -0.493 e. The first-order valence-electron chi connectivity index (χ1n) is 7.14. The molecule has 0 aliphatic heterocycles. The van der Waals surface area contributed by atoms with E-state index in [1.165, 1.54) is 14.2 Å². The molecule has 0 saturated heterocycles. The molecule has 21 heavy (non-hydrogen) atoms. The molecule has 0 bridgehead atoms. The van der Waals surface area contributed by atoms with Crippen molar-refractivity contribution < 1.29 is 23.8 Å². The highest BCUT2D eigenvalue weighted by Gasteiger charge is 2.44. The van der Waals surface area contributed by atoms with Crippen LogP contribution in [0.2, 0.25) is 0 Å². The lowest BCUT2D eigenvalue weighted by Crippen LogP contribution is -2.38. The third-order valence-electron chi connectivity index (χ3n) is 4.33. The first-order chi connectivity index (χ1) is 10.1. The van der Waals surface area contributed by atoms with Crippen LogP contribution in [0.3, 0.4) is 0 Å². The Morgan fingerprint density at radius 2 is 1.90 bits per heavy atom. The normalized spacial score (nSPS) is 17.3. The van der Waals surface area contributed by atoms with E-state index < -0.39 is 18.1 Å². The van der Waals surface area contributed by atoms with Gasteiger partial charge in [-0.05, 0) is 30.5 Å². The molecule has 2 rings (SSSR count). The number of halogens is 1. The van der Waals surface area contributed by atoms with E-state index in [2.05, 4.69) is 0 Å². The average molecular weight is 296 g/mol. The number of hydrogen-bond donors (Lipinski definition) is 1. The van der Waals surface area contributed by atoms with Crippen LogP contribution in [0, 0.1) is 0 Å². The predicted molar refractivity (Wildman–Crippen MR) is 76.8 cm³/mol. The van der Waals surface area contributed by atoms with Crippen LogP contribution in [0.1, 0.15) is 43.2 Å². The van der Waals surface area contributed by atoms with E-state index in [4.69, 9.17) is 9.47 Å². The number of ether oxygens (including phenoxy) is 2. The molecule has 1 fully saturated rings. The van der Waals surface area contributed by atoms with Crippen LogP contribution in [0.4, 0.5) is 4.39 Å². The predicted octanol–water partition coefficient (Wildman–Crippen LogP) is 3.46. The second-order valence-electron chi connectivity index (χ2n) is 5.46. The zero-order valence-electron chi connectivity index (χ0n) is 12.4. The molecule has 1 aromatic carbocycles. The van der Waals surface area contributed by atoms with Crippen molar-refractivity contribution in [2.75, 3.05) is 14.2 Å². The summed E-state index contributed by atoms with van der Waals surface area (Å²) in [6.45, 7) is -0.664. The van der Waals surface area contributed by atoms with Crippen molar-refractivity contribution in [3.05, 3.63) is 23.3 Å². The van der Waals surface area contributed by atoms with E-state index in [-0.39, 0.29) is 0 Å². The Balaban J connectivity index is 2.65.